The van der Waals surface area contributed by atoms with Crippen molar-refractivity contribution in [2.24, 2.45) is 0 Å². The standard InChI is InChI=1S/C9H22N2O4/c1-6(12)10(7(2)13)5-11(8(3)14)9(4)15/h6-9,12-15H,5H2,1-4H3. The van der Waals surface area contributed by atoms with Crippen molar-refractivity contribution < 1.29 is 20.4 Å². The van der Waals surface area contributed by atoms with E-state index < -0.39 is 24.9 Å². The van der Waals surface area contributed by atoms with Gasteiger partial charge in [0.25, 0.3) is 0 Å². The van der Waals surface area contributed by atoms with E-state index in [-0.39, 0.29) is 6.67 Å². The van der Waals surface area contributed by atoms with Gasteiger partial charge in [-0.15, -0.1) is 0 Å². The third kappa shape index (κ3) is 4.87. The summed E-state index contributed by atoms with van der Waals surface area (Å²) in [4.78, 5) is 2.67. The summed E-state index contributed by atoms with van der Waals surface area (Å²) in [6.45, 7) is 6.11. The lowest BCUT2D eigenvalue weighted by atomic mass is 10.4. The zero-order chi connectivity index (χ0) is 12.2. The van der Waals surface area contributed by atoms with Crippen LogP contribution in [0.3, 0.4) is 0 Å². The monoisotopic (exact) mass is 222 g/mol. The van der Waals surface area contributed by atoms with Gasteiger partial charge >= 0.3 is 0 Å². The summed E-state index contributed by atoms with van der Waals surface area (Å²) in [5, 5.41) is 37.5. The summed E-state index contributed by atoms with van der Waals surface area (Å²) in [6, 6.07) is 0. The first-order chi connectivity index (χ1) is 6.77. The first-order valence-electron chi connectivity index (χ1n) is 5.01. The second-order valence-corrected chi connectivity index (χ2v) is 3.70. The van der Waals surface area contributed by atoms with Crippen molar-refractivity contribution >= 4 is 0 Å². The lowest BCUT2D eigenvalue weighted by Gasteiger charge is -2.36. The van der Waals surface area contributed by atoms with Crippen LogP contribution in [-0.4, -0.2) is 61.8 Å². The highest BCUT2D eigenvalue weighted by Gasteiger charge is 2.24. The Morgan fingerprint density at radius 1 is 0.667 bits per heavy atom. The van der Waals surface area contributed by atoms with Gasteiger partial charge in [0.15, 0.2) is 0 Å². The van der Waals surface area contributed by atoms with Gasteiger partial charge in [0.2, 0.25) is 0 Å². The molecule has 0 spiro atoms. The molecule has 0 aliphatic heterocycles. The van der Waals surface area contributed by atoms with Crippen LogP contribution in [0.2, 0.25) is 0 Å². The fraction of sp³-hybridized carbons (Fsp3) is 1.00. The van der Waals surface area contributed by atoms with Crippen molar-refractivity contribution in [2.45, 2.75) is 52.6 Å². The highest BCUT2D eigenvalue weighted by atomic mass is 16.3. The summed E-state index contributed by atoms with van der Waals surface area (Å²) in [5.41, 5.74) is 0. The normalized spacial score (nSPS) is 20.4. The molecule has 15 heavy (non-hydrogen) atoms. The molecule has 6 heteroatoms. The number of rotatable bonds is 6. The molecule has 4 unspecified atom stereocenters. The minimum absolute atomic E-state index is 0.0741. The zero-order valence-corrected chi connectivity index (χ0v) is 9.70. The highest BCUT2D eigenvalue weighted by Crippen LogP contribution is 2.08. The summed E-state index contributed by atoms with van der Waals surface area (Å²) < 4.78 is 0. The third-order valence-electron chi connectivity index (χ3n) is 2.25. The molecule has 0 radical (unpaired) electrons. The van der Waals surface area contributed by atoms with Crippen LogP contribution in [0.1, 0.15) is 27.7 Å². The quantitative estimate of drug-likeness (QED) is 0.427. The van der Waals surface area contributed by atoms with E-state index in [0.29, 0.717) is 0 Å². The zero-order valence-electron chi connectivity index (χ0n) is 9.70. The number of hydrogen-bond acceptors (Lipinski definition) is 6. The molecule has 0 saturated heterocycles. The van der Waals surface area contributed by atoms with Crippen LogP contribution in [0.25, 0.3) is 0 Å². The van der Waals surface area contributed by atoms with Crippen LogP contribution in [0.15, 0.2) is 0 Å². The predicted molar refractivity (Wildman–Crippen MR) is 55.3 cm³/mol. The van der Waals surface area contributed by atoms with E-state index in [1.165, 1.54) is 37.5 Å². The molecule has 0 aliphatic rings. The second-order valence-electron chi connectivity index (χ2n) is 3.70. The first kappa shape index (κ1) is 14.8. The molecule has 0 saturated carbocycles. The lowest BCUT2D eigenvalue weighted by molar-refractivity contribution is -0.165. The van der Waals surface area contributed by atoms with E-state index in [0.717, 1.165) is 0 Å². The van der Waals surface area contributed by atoms with Crippen LogP contribution in [0.5, 0.6) is 0 Å². The van der Waals surface area contributed by atoms with Gasteiger partial charge in [0, 0.05) is 0 Å². The molecule has 4 N–H and O–H groups in total. The Kier molecular flexibility index (Phi) is 6.26. The van der Waals surface area contributed by atoms with Crippen molar-refractivity contribution in [3.63, 3.8) is 0 Å². The molecule has 0 aromatic rings. The maximum atomic E-state index is 9.37. The van der Waals surface area contributed by atoms with E-state index in [9.17, 15) is 20.4 Å². The van der Waals surface area contributed by atoms with Crippen LogP contribution in [0.4, 0.5) is 0 Å². The minimum Gasteiger partial charge on any atom is -0.379 e. The topological polar surface area (TPSA) is 87.4 Å². The third-order valence-corrected chi connectivity index (χ3v) is 2.25. The predicted octanol–water partition coefficient (Wildman–Crippen LogP) is -1.10. The maximum Gasteiger partial charge on any atom is 0.107 e. The van der Waals surface area contributed by atoms with E-state index in [1.54, 1.807) is 0 Å². The molecule has 0 fully saturated rings. The lowest BCUT2D eigenvalue weighted by Crippen LogP contribution is -2.52. The number of aliphatic hydroxyl groups is 4. The largest absolute Gasteiger partial charge is 0.379 e. The van der Waals surface area contributed by atoms with Crippen LogP contribution in [-0.2, 0) is 0 Å². The minimum atomic E-state index is -0.856. The van der Waals surface area contributed by atoms with Gasteiger partial charge in [-0.1, -0.05) is 0 Å². The van der Waals surface area contributed by atoms with E-state index in [4.69, 9.17) is 0 Å². The fourth-order valence-corrected chi connectivity index (χ4v) is 1.29. The summed E-state index contributed by atoms with van der Waals surface area (Å²) in [5.74, 6) is 0. The van der Waals surface area contributed by atoms with Gasteiger partial charge in [0.1, 0.15) is 24.9 Å². The van der Waals surface area contributed by atoms with E-state index in [2.05, 4.69) is 0 Å². The van der Waals surface area contributed by atoms with Crippen molar-refractivity contribution in [3.05, 3.63) is 0 Å². The molecule has 6 nitrogen and oxygen atoms in total. The fourth-order valence-electron chi connectivity index (χ4n) is 1.29. The second kappa shape index (κ2) is 6.37. The molecule has 0 aromatic heterocycles. The highest BCUT2D eigenvalue weighted by molar-refractivity contribution is 4.64. The summed E-state index contributed by atoms with van der Waals surface area (Å²) in [6.07, 6.45) is -3.43. The van der Waals surface area contributed by atoms with Gasteiger partial charge in [0.05, 0.1) is 6.67 Å². The Bertz CT molecular complexity index is 139. The smallest absolute Gasteiger partial charge is 0.107 e. The molecule has 0 heterocycles. The average Bonchev–Trinajstić information content (AvgIpc) is 2.01. The molecule has 4 atom stereocenters. The molecular weight excluding hydrogens is 200 g/mol. The molecule has 0 rings (SSSR count). The Labute approximate surface area is 90.4 Å². The van der Waals surface area contributed by atoms with Crippen molar-refractivity contribution in [1.82, 2.24) is 9.80 Å². The Morgan fingerprint density at radius 2 is 0.867 bits per heavy atom. The number of nitrogens with zero attached hydrogens (tertiary/aromatic N) is 2. The molecule has 92 valence electrons. The summed E-state index contributed by atoms with van der Waals surface area (Å²) in [7, 11) is 0. The maximum absolute atomic E-state index is 9.37. The van der Waals surface area contributed by atoms with Crippen LogP contribution >= 0.6 is 0 Å². The van der Waals surface area contributed by atoms with Crippen molar-refractivity contribution in [3.8, 4) is 0 Å². The van der Waals surface area contributed by atoms with E-state index >= 15 is 0 Å². The average molecular weight is 222 g/mol. The van der Waals surface area contributed by atoms with Crippen molar-refractivity contribution in [2.75, 3.05) is 6.67 Å². The van der Waals surface area contributed by atoms with Crippen LogP contribution < -0.4 is 0 Å². The molecule has 0 bridgehead atoms. The molecule has 0 aliphatic carbocycles. The van der Waals surface area contributed by atoms with E-state index in [1.807, 2.05) is 0 Å². The van der Waals surface area contributed by atoms with Crippen molar-refractivity contribution in [1.29, 1.82) is 0 Å². The van der Waals surface area contributed by atoms with Gasteiger partial charge in [-0.3, -0.25) is 0 Å². The summed E-state index contributed by atoms with van der Waals surface area (Å²) >= 11 is 0. The Hall–Kier alpha value is -0.240. The van der Waals surface area contributed by atoms with Gasteiger partial charge in [-0.2, -0.15) is 0 Å². The van der Waals surface area contributed by atoms with Gasteiger partial charge in [-0.05, 0) is 27.7 Å². The SMILES string of the molecule is CC(O)N(CN(C(C)O)C(C)O)C(C)O. The number of hydrogen-bond donors (Lipinski definition) is 4. The molecule has 0 aromatic carbocycles. The Balaban J connectivity index is 4.48. The van der Waals surface area contributed by atoms with Crippen LogP contribution in [0, 0.1) is 0 Å². The van der Waals surface area contributed by atoms with Gasteiger partial charge in [-0.25, -0.2) is 9.80 Å². The molecular formula is C9H22N2O4. The molecule has 0 amide bonds. The van der Waals surface area contributed by atoms with Gasteiger partial charge < -0.3 is 20.4 Å². The number of aliphatic hydroxyl groups excluding tert-OH is 4. The first-order valence-corrected chi connectivity index (χ1v) is 5.01. The Morgan fingerprint density at radius 3 is 1.00 bits per heavy atom.